The van der Waals surface area contributed by atoms with Crippen LogP contribution in [-0.2, 0) is 22.7 Å². The van der Waals surface area contributed by atoms with E-state index in [9.17, 15) is 0 Å². The first-order valence-corrected chi connectivity index (χ1v) is 9.95. The Morgan fingerprint density at radius 1 is 0.931 bits per heavy atom. The summed E-state index contributed by atoms with van der Waals surface area (Å²) in [6.07, 6.45) is 0. The molecule has 7 nitrogen and oxygen atoms in total. The van der Waals surface area contributed by atoms with E-state index in [0.29, 0.717) is 0 Å². The zero-order chi connectivity index (χ0) is 21.2. The number of para-hydroxylation sites is 1. The molecule has 0 amide bonds. The number of hydrogen-bond acceptors (Lipinski definition) is 5. The van der Waals surface area contributed by atoms with Crippen LogP contribution in [-0.4, -0.2) is 65.2 Å². The molecule has 1 heterocycles. The predicted molar refractivity (Wildman–Crippen MR) is 113 cm³/mol. The number of piperazine rings is 1. The van der Waals surface area contributed by atoms with E-state index in [1.807, 2.05) is 12.1 Å². The van der Waals surface area contributed by atoms with Crippen molar-refractivity contribution in [2.45, 2.75) is 13.1 Å². The van der Waals surface area contributed by atoms with Crippen LogP contribution in [0.4, 0.5) is 0 Å². The Hall–Kier alpha value is -2.42. The van der Waals surface area contributed by atoms with Gasteiger partial charge in [-0.1, -0.05) is 46.3 Å². The van der Waals surface area contributed by atoms with Crippen LogP contribution in [0.5, 0.6) is 5.75 Å². The first kappa shape index (κ1) is 22.9. The van der Waals surface area contributed by atoms with E-state index in [1.54, 1.807) is 7.11 Å². The fraction of sp³-hybridized carbons (Fsp3) is 0.333. The molecule has 1 aliphatic heterocycles. The Morgan fingerprint density at radius 3 is 2.07 bits per heavy atom. The molecule has 0 aliphatic carbocycles. The van der Waals surface area contributed by atoms with Crippen LogP contribution in [0.1, 0.15) is 11.1 Å². The molecule has 2 aromatic carbocycles. The fourth-order valence-electron chi connectivity index (χ4n) is 3.07. The van der Waals surface area contributed by atoms with Gasteiger partial charge in [-0.25, -0.2) is 9.59 Å². The highest BCUT2D eigenvalue weighted by atomic mass is 79.9. The summed E-state index contributed by atoms with van der Waals surface area (Å²) >= 11 is 3.55. The summed E-state index contributed by atoms with van der Waals surface area (Å²) in [4.78, 5) is 23.2. The molecule has 8 heteroatoms. The van der Waals surface area contributed by atoms with Crippen LogP contribution < -0.4 is 4.74 Å². The van der Waals surface area contributed by atoms with E-state index < -0.39 is 11.9 Å². The normalized spacial score (nSPS) is 14.6. The van der Waals surface area contributed by atoms with Crippen molar-refractivity contribution in [3.05, 3.63) is 64.1 Å². The number of benzene rings is 2. The molecule has 0 aromatic heterocycles. The summed E-state index contributed by atoms with van der Waals surface area (Å²) in [6.45, 7) is 6.43. The highest BCUT2D eigenvalue weighted by Crippen LogP contribution is 2.20. The molecule has 1 fully saturated rings. The van der Waals surface area contributed by atoms with Crippen LogP contribution >= 0.6 is 15.9 Å². The standard InChI is InChI=1S/C19H23BrN2O.C2H2O4/c1-23-19-8-3-2-6-17(19)15-22-11-9-21(10-12-22)14-16-5-4-7-18(20)13-16;3-1(4)2(5)6/h2-8,13H,9-12,14-15H2,1H3;(H,3,4)(H,5,6). The van der Waals surface area contributed by atoms with Gasteiger partial charge in [0.2, 0.25) is 0 Å². The van der Waals surface area contributed by atoms with Gasteiger partial charge in [0.15, 0.2) is 0 Å². The Labute approximate surface area is 178 Å². The van der Waals surface area contributed by atoms with Gasteiger partial charge in [-0.15, -0.1) is 0 Å². The first-order chi connectivity index (χ1) is 13.9. The van der Waals surface area contributed by atoms with E-state index in [4.69, 9.17) is 24.5 Å². The third-order valence-corrected chi connectivity index (χ3v) is 5.02. The van der Waals surface area contributed by atoms with Crippen molar-refractivity contribution in [2.24, 2.45) is 0 Å². The van der Waals surface area contributed by atoms with Crippen molar-refractivity contribution >= 4 is 27.9 Å². The minimum atomic E-state index is -1.82. The molecule has 0 saturated carbocycles. The maximum absolute atomic E-state index is 9.10. The Balaban J connectivity index is 0.000000438. The average Bonchev–Trinajstić information content (AvgIpc) is 2.70. The minimum absolute atomic E-state index is 0.967. The number of nitrogens with zero attached hydrogens (tertiary/aromatic N) is 2. The molecule has 1 saturated heterocycles. The minimum Gasteiger partial charge on any atom is -0.496 e. The summed E-state index contributed by atoms with van der Waals surface area (Å²) in [7, 11) is 1.74. The van der Waals surface area contributed by atoms with E-state index in [-0.39, 0.29) is 0 Å². The van der Waals surface area contributed by atoms with Gasteiger partial charge in [-0.05, 0) is 23.8 Å². The Kier molecular flexibility index (Phi) is 9.11. The van der Waals surface area contributed by atoms with Crippen molar-refractivity contribution in [1.29, 1.82) is 0 Å². The molecule has 3 rings (SSSR count). The SMILES string of the molecule is COc1ccccc1CN1CCN(Cc2cccc(Br)c2)CC1.O=C(O)C(=O)O. The number of halogens is 1. The number of carboxylic acids is 2. The Bertz CT molecular complexity index is 810. The highest BCUT2D eigenvalue weighted by molar-refractivity contribution is 9.10. The zero-order valence-corrected chi connectivity index (χ0v) is 17.8. The summed E-state index contributed by atoms with van der Waals surface area (Å²) in [5.41, 5.74) is 2.65. The van der Waals surface area contributed by atoms with Crippen LogP contribution in [0.3, 0.4) is 0 Å². The third-order valence-electron chi connectivity index (χ3n) is 4.53. The highest BCUT2D eigenvalue weighted by Gasteiger charge is 2.18. The van der Waals surface area contributed by atoms with Crippen LogP contribution in [0, 0.1) is 0 Å². The summed E-state index contributed by atoms with van der Waals surface area (Å²) < 4.78 is 6.61. The first-order valence-electron chi connectivity index (χ1n) is 9.16. The molecule has 0 spiro atoms. The van der Waals surface area contributed by atoms with Gasteiger partial charge in [-0.2, -0.15) is 0 Å². The van der Waals surface area contributed by atoms with Crippen LogP contribution in [0.25, 0.3) is 0 Å². The third kappa shape index (κ3) is 7.84. The fourth-order valence-corrected chi connectivity index (χ4v) is 3.52. The molecule has 2 aromatic rings. The number of carboxylic acid groups (broad SMARTS) is 2. The summed E-state index contributed by atoms with van der Waals surface area (Å²) in [5.74, 6) is -2.66. The van der Waals surface area contributed by atoms with Crippen molar-refractivity contribution in [1.82, 2.24) is 9.80 Å². The van der Waals surface area contributed by atoms with Crippen molar-refractivity contribution in [3.8, 4) is 5.75 Å². The quantitative estimate of drug-likeness (QED) is 0.657. The average molecular weight is 465 g/mol. The second kappa shape index (κ2) is 11.5. The number of ether oxygens (including phenoxy) is 1. The molecule has 156 valence electrons. The molecular formula is C21H25BrN2O5. The smallest absolute Gasteiger partial charge is 0.414 e. The largest absolute Gasteiger partial charge is 0.496 e. The molecule has 0 radical (unpaired) electrons. The Morgan fingerprint density at radius 2 is 1.52 bits per heavy atom. The lowest BCUT2D eigenvalue weighted by Gasteiger charge is -2.35. The number of rotatable bonds is 5. The molecular weight excluding hydrogens is 440 g/mol. The lowest BCUT2D eigenvalue weighted by Crippen LogP contribution is -2.45. The van der Waals surface area contributed by atoms with Crippen LogP contribution in [0.2, 0.25) is 0 Å². The van der Waals surface area contributed by atoms with Gasteiger partial charge in [0.25, 0.3) is 0 Å². The predicted octanol–water partition coefficient (Wildman–Crippen LogP) is 2.93. The van der Waals surface area contributed by atoms with Gasteiger partial charge >= 0.3 is 11.9 Å². The molecule has 1 aliphatic rings. The lowest BCUT2D eigenvalue weighted by molar-refractivity contribution is -0.159. The van der Waals surface area contributed by atoms with Gasteiger partial charge in [0, 0.05) is 49.3 Å². The number of carbonyl (C=O) groups is 2. The van der Waals surface area contributed by atoms with Gasteiger partial charge in [-0.3, -0.25) is 9.80 Å². The molecule has 0 unspecified atom stereocenters. The zero-order valence-electron chi connectivity index (χ0n) is 16.3. The van der Waals surface area contributed by atoms with E-state index in [1.165, 1.54) is 11.1 Å². The van der Waals surface area contributed by atoms with Gasteiger partial charge in [0.05, 0.1) is 7.11 Å². The summed E-state index contributed by atoms with van der Waals surface area (Å²) in [5, 5.41) is 14.8. The molecule has 0 bridgehead atoms. The second-order valence-corrected chi connectivity index (χ2v) is 7.52. The molecule has 0 atom stereocenters. The number of methoxy groups -OCH3 is 1. The van der Waals surface area contributed by atoms with Crippen molar-refractivity contribution in [2.75, 3.05) is 33.3 Å². The van der Waals surface area contributed by atoms with Crippen molar-refractivity contribution < 1.29 is 24.5 Å². The second-order valence-electron chi connectivity index (χ2n) is 6.60. The van der Waals surface area contributed by atoms with Crippen LogP contribution in [0.15, 0.2) is 53.0 Å². The van der Waals surface area contributed by atoms with E-state index in [0.717, 1.165) is 49.5 Å². The maximum atomic E-state index is 9.10. The molecule has 2 N–H and O–H groups in total. The maximum Gasteiger partial charge on any atom is 0.414 e. The van der Waals surface area contributed by atoms with E-state index >= 15 is 0 Å². The monoisotopic (exact) mass is 464 g/mol. The van der Waals surface area contributed by atoms with E-state index in [2.05, 4.69) is 62.1 Å². The molecule has 29 heavy (non-hydrogen) atoms. The lowest BCUT2D eigenvalue weighted by atomic mass is 10.1. The topological polar surface area (TPSA) is 90.3 Å². The summed E-state index contributed by atoms with van der Waals surface area (Å²) in [6, 6.07) is 16.9. The number of aliphatic carboxylic acids is 2. The van der Waals surface area contributed by atoms with Gasteiger partial charge < -0.3 is 14.9 Å². The van der Waals surface area contributed by atoms with Gasteiger partial charge in [0.1, 0.15) is 5.75 Å². The van der Waals surface area contributed by atoms with Crippen molar-refractivity contribution in [3.63, 3.8) is 0 Å². The number of hydrogen-bond donors (Lipinski definition) is 2.